The van der Waals surface area contributed by atoms with Crippen molar-refractivity contribution in [3.63, 3.8) is 0 Å². The maximum atomic E-state index is 12.6. The highest BCUT2D eigenvalue weighted by atomic mass is 32.1. The molecule has 0 aliphatic carbocycles. The number of benzene rings is 3. The van der Waals surface area contributed by atoms with Crippen LogP contribution in [0.5, 0.6) is 0 Å². The van der Waals surface area contributed by atoms with E-state index in [0.717, 1.165) is 21.7 Å². The van der Waals surface area contributed by atoms with Gasteiger partial charge >= 0.3 is 6.03 Å². The second-order valence-corrected chi connectivity index (χ2v) is 9.73. The first-order valence-corrected chi connectivity index (χ1v) is 12.2. The zero-order valence-corrected chi connectivity index (χ0v) is 19.9. The number of rotatable bonds is 5. The number of hydrogen-bond acceptors (Lipinski definition) is 4. The number of fused-ring (bicyclic) bond motifs is 1. The predicted molar refractivity (Wildman–Crippen MR) is 137 cm³/mol. The molecule has 1 saturated heterocycles. The summed E-state index contributed by atoms with van der Waals surface area (Å²) in [5.74, 6) is 0.0528. The molecule has 5 rings (SSSR count). The van der Waals surface area contributed by atoms with Gasteiger partial charge in [0.2, 0.25) is 5.91 Å². The van der Waals surface area contributed by atoms with Gasteiger partial charge in [-0.15, -0.1) is 11.3 Å². The van der Waals surface area contributed by atoms with E-state index in [1.54, 1.807) is 11.3 Å². The highest BCUT2D eigenvalue weighted by Gasteiger charge is 2.33. The lowest BCUT2D eigenvalue weighted by Crippen LogP contribution is -2.40. The molecule has 3 amide bonds. The highest BCUT2D eigenvalue weighted by Crippen LogP contribution is 2.31. The molecule has 1 aliphatic heterocycles. The number of nitrogens with one attached hydrogen (secondary N) is 2. The van der Waals surface area contributed by atoms with Crippen molar-refractivity contribution in [2.45, 2.75) is 32.4 Å². The minimum Gasteiger partial charge on any atom is -0.334 e. The third-order valence-corrected chi connectivity index (χ3v) is 7.24. The molecule has 2 heterocycles. The van der Waals surface area contributed by atoms with Gasteiger partial charge in [-0.1, -0.05) is 36.4 Å². The maximum Gasteiger partial charge on any atom is 0.319 e. The summed E-state index contributed by atoms with van der Waals surface area (Å²) in [5.41, 5.74) is 5.00. The smallest absolute Gasteiger partial charge is 0.319 e. The number of nitrogens with zero attached hydrogens (tertiary/aromatic N) is 2. The Bertz CT molecular complexity index is 1330. The molecule has 172 valence electrons. The number of likely N-dealkylation sites (tertiary alicyclic amines) is 1. The summed E-state index contributed by atoms with van der Waals surface area (Å²) < 4.78 is 1.17. The van der Waals surface area contributed by atoms with E-state index >= 15 is 0 Å². The molecule has 0 radical (unpaired) electrons. The van der Waals surface area contributed by atoms with E-state index in [0.29, 0.717) is 18.7 Å². The van der Waals surface area contributed by atoms with E-state index in [4.69, 9.17) is 4.98 Å². The minimum absolute atomic E-state index is 0.0254. The fourth-order valence-corrected chi connectivity index (χ4v) is 5.39. The first kappa shape index (κ1) is 22.1. The van der Waals surface area contributed by atoms with E-state index in [1.807, 2.05) is 72.5 Å². The van der Waals surface area contributed by atoms with Crippen molar-refractivity contribution >= 4 is 39.2 Å². The van der Waals surface area contributed by atoms with Gasteiger partial charge in [0.05, 0.1) is 22.3 Å². The summed E-state index contributed by atoms with van der Waals surface area (Å²) in [7, 11) is 0. The van der Waals surface area contributed by atoms with Gasteiger partial charge in [0.25, 0.3) is 0 Å². The number of amides is 3. The van der Waals surface area contributed by atoms with Crippen molar-refractivity contribution in [3.8, 4) is 10.6 Å². The SMILES string of the molecule is Cc1ccc2nc(-c3ccc(NC(=O)NC4CC(=O)N(C(C)c5ccccc5)C4)cc3)sc2c1. The lowest BCUT2D eigenvalue weighted by atomic mass is 10.1. The van der Waals surface area contributed by atoms with E-state index in [2.05, 4.69) is 29.7 Å². The van der Waals surface area contributed by atoms with Crippen LogP contribution in [0.1, 0.15) is 30.5 Å². The van der Waals surface area contributed by atoms with Gasteiger partial charge in [-0.3, -0.25) is 4.79 Å². The molecule has 34 heavy (non-hydrogen) atoms. The fourth-order valence-electron chi connectivity index (χ4n) is 4.32. The van der Waals surface area contributed by atoms with Crippen LogP contribution in [-0.4, -0.2) is 34.4 Å². The molecule has 3 aromatic carbocycles. The summed E-state index contributed by atoms with van der Waals surface area (Å²) in [5, 5.41) is 6.77. The van der Waals surface area contributed by atoms with Crippen LogP contribution in [0.3, 0.4) is 0 Å². The molecule has 2 unspecified atom stereocenters. The third-order valence-electron chi connectivity index (χ3n) is 6.18. The number of aryl methyl sites for hydroxylation is 1. The van der Waals surface area contributed by atoms with Crippen LogP contribution in [-0.2, 0) is 4.79 Å². The van der Waals surface area contributed by atoms with E-state index < -0.39 is 0 Å². The van der Waals surface area contributed by atoms with Crippen LogP contribution in [0.25, 0.3) is 20.8 Å². The van der Waals surface area contributed by atoms with E-state index in [9.17, 15) is 9.59 Å². The number of hydrogen-bond donors (Lipinski definition) is 2. The average Bonchev–Trinajstić information content (AvgIpc) is 3.42. The number of urea groups is 1. The van der Waals surface area contributed by atoms with E-state index in [-0.39, 0.29) is 24.0 Å². The Labute approximate surface area is 202 Å². The first-order chi connectivity index (χ1) is 16.5. The third kappa shape index (κ3) is 4.65. The maximum absolute atomic E-state index is 12.6. The molecule has 7 heteroatoms. The van der Waals surface area contributed by atoms with Crippen LogP contribution >= 0.6 is 11.3 Å². The first-order valence-electron chi connectivity index (χ1n) is 11.4. The monoisotopic (exact) mass is 470 g/mol. The zero-order chi connectivity index (χ0) is 23.7. The highest BCUT2D eigenvalue weighted by molar-refractivity contribution is 7.21. The molecule has 0 saturated carbocycles. The Morgan fingerprint density at radius 3 is 2.62 bits per heavy atom. The van der Waals surface area contributed by atoms with Crippen molar-refractivity contribution in [1.82, 2.24) is 15.2 Å². The lowest BCUT2D eigenvalue weighted by molar-refractivity contribution is -0.129. The average molecular weight is 471 g/mol. The number of carbonyl (C=O) groups excluding carboxylic acids is 2. The Morgan fingerprint density at radius 2 is 1.85 bits per heavy atom. The van der Waals surface area contributed by atoms with Crippen LogP contribution in [0, 0.1) is 6.92 Å². The molecule has 2 atom stereocenters. The Kier molecular flexibility index (Phi) is 6.02. The molecule has 1 aromatic heterocycles. The number of carbonyl (C=O) groups is 2. The van der Waals surface area contributed by atoms with Crippen molar-refractivity contribution < 1.29 is 9.59 Å². The molecule has 4 aromatic rings. The topological polar surface area (TPSA) is 74.3 Å². The van der Waals surface area contributed by atoms with Gasteiger partial charge in [-0.25, -0.2) is 9.78 Å². The van der Waals surface area contributed by atoms with Crippen LogP contribution in [0.2, 0.25) is 0 Å². The van der Waals surface area contributed by atoms with Gasteiger partial charge < -0.3 is 15.5 Å². The van der Waals surface area contributed by atoms with Crippen LogP contribution in [0.15, 0.2) is 72.8 Å². The summed E-state index contributed by atoms with van der Waals surface area (Å²) in [4.78, 5) is 31.7. The summed E-state index contributed by atoms with van der Waals surface area (Å²) in [6.45, 7) is 4.59. The number of aromatic nitrogens is 1. The number of thiazole rings is 1. The Balaban J connectivity index is 1.19. The summed E-state index contributed by atoms with van der Waals surface area (Å²) >= 11 is 1.66. The second-order valence-electron chi connectivity index (χ2n) is 8.70. The molecule has 0 bridgehead atoms. The molecule has 0 spiro atoms. The number of anilines is 1. The van der Waals surface area contributed by atoms with Gasteiger partial charge in [0.15, 0.2) is 0 Å². The molecule has 2 N–H and O–H groups in total. The standard InChI is InChI=1S/C27H26N4O2S/c1-17-8-13-23-24(14-17)34-26(30-23)20-9-11-21(12-10-20)28-27(33)29-22-15-25(32)31(16-22)18(2)19-6-4-3-5-7-19/h3-14,18,22H,15-16H2,1-2H3,(H2,28,29,33). The van der Waals surface area contributed by atoms with Crippen LogP contribution in [0.4, 0.5) is 10.5 Å². The fraction of sp³-hybridized carbons (Fsp3) is 0.222. The van der Waals surface area contributed by atoms with Gasteiger partial charge in [0.1, 0.15) is 5.01 Å². The zero-order valence-electron chi connectivity index (χ0n) is 19.1. The quantitative estimate of drug-likeness (QED) is 0.390. The Morgan fingerprint density at radius 1 is 1.09 bits per heavy atom. The molecule has 1 aliphatic rings. The Hall–Kier alpha value is -3.71. The van der Waals surface area contributed by atoms with Crippen molar-refractivity contribution in [3.05, 3.63) is 83.9 Å². The van der Waals surface area contributed by atoms with E-state index in [1.165, 1.54) is 10.3 Å². The van der Waals surface area contributed by atoms with Gasteiger partial charge in [0, 0.05) is 24.2 Å². The van der Waals surface area contributed by atoms with Gasteiger partial charge in [-0.2, -0.15) is 0 Å². The second kappa shape index (κ2) is 9.27. The summed E-state index contributed by atoms with van der Waals surface area (Å²) in [6, 6.07) is 23.3. The largest absolute Gasteiger partial charge is 0.334 e. The minimum atomic E-state index is -0.310. The van der Waals surface area contributed by atoms with Crippen molar-refractivity contribution in [1.29, 1.82) is 0 Å². The normalized spacial score (nSPS) is 16.6. The molecular formula is C27H26N4O2S. The van der Waals surface area contributed by atoms with Crippen LogP contribution < -0.4 is 10.6 Å². The molecule has 6 nitrogen and oxygen atoms in total. The molecule has 1 fully saturated rings. The predicted octanol–water partition coefficient (Wildman–Crippen LogP) is 5.76. The molecular weight excluding hydrogens is 444 g/mol. The summed E-state index contributed by atoms with van der Waals surface area (Å²) in [6.07, 6.45) is 0.306. The van der Waals surface area contributed by atoms with Gasteiger partial charge in [-0.05, 0) is 61.4 Å². The lowest BCUT2D eigenvalue weighted by Gasteiger charge is -2.25. The van der Waals surface area contributed by atoms with Crippen molar-refractivity contribution in [2.75, 3.05) is 11.9 Å². The van der Waals surface area contributed by atoms with Crippen molar-refractivity contribution in [2.24, 2.45) is 0 Å².